The van der Waals surface area contributed by atoms with E-state index in [4.69, 9.17) is 0 Å². The number of nitrogens with one attached hydrogen (secondary N) is 1. The predicted molar refractivity (Wildman–Crippen MR) is 46.0 cm³/mol. The van der Waals surface area contributed by atoms with Crippen LogP contribution in [0.25, 0.3) is 0 Å². The van der Waals surface area contributed by atoms with Crippen LogP contribution in [0.2, 0.25) is 0 Å². The minimum Gasteiger partial charge on any atom is -0.305 e. The van der Waals surface area contributed by atoms with Crippen molar-refractivity contribution >= 4 is 0 Å². The zero-order valence-electron chi connectivity index (χ0n) is 7.81. The molecule has 2 nitrogen and oxygen atoms in total. The quantitative estimate of drug-likeness (QED) is 0.598. The second kappa shape index (κ2) is 4.69. The third-order valence-corrected chi connectivity index (χ3v) is 2.31. The molecule has 10 heavy (non-hydrogen) atoms. The maximum absolute atomic E-state index is 3.21. The topological polar surface area (TPSA) is 15.3 Å². The highest BCUT2D eigenvalue weighted by atomic mass is 15.2. The summed E-state index contributed by atoms with van der Waals surface area (Å²) in [6.07, 6.45) is 1.69. The van der Waals surface area contributed by atoms with Crippen LogP contribution in [0.3, 0.4) is 0 Å². The Morgan fingerprint density at radius 1 is 1.40 bits per heavy atom. The van der Waals surface area contributed by atoms with E-state index < -0.39 is 0 Å². The van der Waals surface area contributed by atoms with Crippen LogP contribution in [0.1, 0.15) is 27.2 Å². The molecule has 62 valence electrons. The van der Waals surface area contributed by atoms with Gasteiger partial charge in [-0.2, -0.15) is 0 Å². The molecule has 1 N–H and O–H groups in total. The molecule has 0 radical (unpaired) electrons. The Hall–Kier alpha value is -0.0800. The van der Waals surface area contributed by atoms with E-state index in [9.17, 15) is 0 Å². The second-order valence-corrected chi connectivity index (χ2v) is 2.89. The van der Waals surface area contributed by atoms with Crippen LogP contribution in [-0.4, -0.2) is 31.2 Å². The summed E-state index contributed by atoms with van der Waals surface area (Å²) in [5.74, 6) is 0. The van der Waals surface area contributed by atoms with E-state index in [1.807, 2.05) is 7.05 Å². The molecular formula is C8H20N2. The standard InChI is InChI=1S/C8H20N2/c1-6-7(2)10(5)8(3)9-4/h7-9H,6H2,1-5H3. The van der Waals surface area contributed by atoms with Gasteiger partial charge in [0.15, 0.2) is 0 Å². The van der Waals surface area contributed by atoms with Crippen LogP contribution in [0.5, 0.6) is 0 Å². The molecule has 0 heterocycles. The number of hydrogen-bond donors (Lipinski definition) is 1. The summed E-state index contributed by atoms with van der Waals surface area (Å²) in [6, 6.07) is 0.669. The van der Waals surface area contributed by atoms with Crippen LogP contribution in [0.4, 0.5) is 0 Å². The third-order valence-electron chi connectivity index (χ3n) is 2.31. The average molecular weight is 144 g/mol. The molecule has 0 aliphatic carbocycles. The van der Waals surface area contributed by atoms with Crippen LogP contribution in [-0.2, 0) is 0 Å². The van der Waals surface area contributed by atoms with E-state index in [1.165, 1.54) is 6.42 Å². The third kappa shape index (κ3) is 2.67. The fraction of sp³-hybridized carbons (Fsp3) is 1.00. The maximum atomic E-state index is 3.21. The minimum absolute atomic E-state index is 0.481. The molecule has 2 atom stereocenters. The Kier molecular flexibility index (Phi) is 4.65. The molecule has 0 aromatic rings. The highest BCUT2D eigenvalue weighted by Crippen LogP contribution is 2.02. The van der Waals surface area contributed by atoms with Gasteiger partial charge in [0.2, 0.25) is 0 Å². The minimum atomic E-state index is 0.481. The summed E-state index contributed by atoms with van der Waals surface area (Å²) >= 11 is 0. The van der Waals surface area contributed by atoms with Gasteiger partial charge >= 0.3 is 0 Å². The van der Waals surface area contributed by atoms with Gasteiger partial charge in [-0.15, -0.1) is 0 Å². The summed E-state index contributed by atoms with van der Waals surface area (Å²) in [6.45, 7) is 6.63. The van der Waals surface area contributed by atoms with Crippen molar-refractivity contribution in [3.05, 3.63) is 0 Å². The van der Waals surface area contributed by atoms with E-state index in [0.717, 1.165) is 0 Å². The number of nitrogens with zero attached hydrogens (tertiary/aromatic N) is 1. The Balaban J connectivity index is 3.69. The molecule has 0 bridgehead atoms. The van der Waals surface area contributed by atoms with E-state index in [1.54, 1.807) is 0 Å². The van der Waals surface area contributed by atoms with Crippen molar-refractivity contribution in [2.45, 2.75) is 39.4 Å². The molecule has 2 heteroatoms. The van der Waals surface area contributed by atoms with E-state index >= 15 is 0 Å². The van der Waals surface area contributed by atoms with Crippen LogP contribution in [0, 0.1) is 0 Å². The first kappa shape index (κ1) is 9.92. The lowest BCUT2D eigenvalue weighted by molar-refractivity contribution is 0.171. The van der Waals surface area contributed by atoms with Gasteiger partial charge in [0, 0.05) is 6.04 Å². The molecular weight excluding hydrogens is 124 g/mol. The lowest BCUT2D eigenvalue weighted by Crippen LogP contribution is -2.43. The Morgan fingerprint density at radius 2 is 1.90 bits per heavy atom. The number of rotatable bonds is 4. The lowest BCUT2D eigenvalue weighted by atomic mass is 10.2. The molecule has 0 spiro atoms. The molecule has 0 aromatic carbocycles. The van der Waals surface area contributed by atoms with Gasteiger partial charge in [-0.1, -0.05) is 6.92 Å². The van der Waals surface area contributed by atoms with Crippen molar-refractivity contribution in [3.8, 4) is 0 Å². The largest absolute Gasteiger partial charge is 0.305 e. The Labute approximate surface area is 64.6 Å². The monoisotopic (exact) mass is 144 g/mol. The second-order valence-electron chi connectivity index (χ2n) is 2.89. The fourth-order valence-electron chi connectivity index (χ4n) is 0.873. The van der Waals surface area contributed by atoms with Crippen LogP contribution < -0.4 is 5.32 Å². The molecule has 0 rings (SSSR count). The predicted octanol–water partition coefficient (Wildman–Crippen LogP) is 1.28. The van der Waals surface area contributed by atoms with Crippen LogP contribution in [0.15, 0.2) is 0 Å². The summed E-state index contributed by atoms with van der Waals surface area (Å²) in [7, 11) is 4.14. The van der Waals surface area contributed by atoms with E-state index in [2.05, 4.69) is 38.0 Å². The van der Waals surface area contributed by atoms with Crippen molar-refractivity contribution in [3.63, 3.8) is 0 Å². The Bertz CT molecular complexity index is 73.3. The highest BCUT2D eigenvalue weighted by molar-refractivity contribution is 4.64. The molecule has 0 saturated carbocycles. The first-order chi connectivity index (χ1) is 4.63. The maximum Gasteiger partial charge on any atom is 0.0565 e. The molecule has 0 amide bonds. The zero-order chi connectivity index (χ0) is 8.15. The summed E-state index contributed by atoms with van der Waals surface area (Å²) in [5.41, 5.74) is 0. The molecule has 2 unspecified atom stereocenters. The van der Waals surface area contributed by atoms with Crippen molar-refractivity contribution in [1.29, 1.82) is 0 Å². The zero-order valence-corrected chi connectivity index (χ0v) is 7.81. The van der Waals surface area contributed by atoms with Gasteiger partial charge in [-0.05, 0) is 34.4 Å². The summed E-state index contributed by atoms with van der Waals surface area (Å²) in [5, 5.41) is 3.21. The van der Waals surface area contributed by atoms with Crippen molar-refractivity contribution in [2.24, 2.45) is 0 Å². The van der Waals surface area contributed by atoms with Gasteiger partial charge in [-0.25, -0.2) is 0 Å². The van der Waals surface area contributed by atoms with Crippen molar-refractivity contribution in [1.82, 2.24) is 10.2 Å². The Morgan fingerprint density at radius 3 is 2.20 bits per heavy atom. The first-order valence-electron chi connectivity index (χ1n) is 4.02. The SMILES string of the molecule is CCC(C)N(C)C(C)NC. The number of hydrogen-bond acceptors (Lipinski definition) is 2. The van der Waals surface area contributed by atoms with Crippen molar-refractivity contribution < 1.29 is 0 Å². The molecule has 0 fully saturated rings. The summed E-state index contributed by atoms with van der Waals surface area (Å²) < 4.78 is 0. The van der Waals surface area contributed by atoms with Gasteiger partial charge in [0.1, 0.15) is 0 Å². The fourth-order valence-corrected chi connectivity index (χ4v) is 0.873. The van der Waals surface area contributed by atoms with Gasteiger partial charge < -0.3 is 5.32 Å². The van der Waals surface area contributed by atoms with E-state index in [0.29, 0.717) is 12.2 Å². The molecule has 0 aromatic heterocycles. The molecule has 0 aliphatic heterocycles. The van der Waals surface area contributed by atoms with Gasteiger partial charge in [0.25, 0.3) is 0 Å². The van der Waals surface area contributed by atoms with E-state index in [-0.39, 0.29) is 0 Å². The first-order valence-corrected chi connectivity index (χ1v) is 4.02. The molecule has 0 saturated heterocycles. The molecule has 0 aliphatic rings. The van der Waals surface area contributed by atoms with Crippen LogP contribution >= 0.6 is 0 Å². The van der Waals surface area contributed by atoms with Gasteiger partial charge in [-0.3, -0.25) is 4.90 Å². The summed E-state index contributed by atoms with van der Waals surface area (Å²) in [4.78, 5) is 2.33. The van der Waals surface area contributed by atoms with Crippen molar-refractivity contribution in [2.75, 3.05) is 14.1 Å². The van der Waals surface area contributed by atoms with Gasteiger partial charge in [0.05, 0.1) is 6.17 Å². The highest BCUT2D eigenvalue weighted by Gasteiger charge is 2.10. The average Bonchev–Trinajstić information content (AvgIpc) is 2.00. The lowest BCUT2D eigenvalue weighted by Gasteiger charge is -2.29. The smallest absolute Gasteiger partial charge is 0.0565 e. The normalized spacial score (nSPS) is 17.4.